The van der Waals surface area contributed by atoms with E-state index in [4.69, 9.17) is 28.7 Å². The van der Waals surface area contributed by atoms with Crippen LogP contribution in [0.2, 0.25) is 0 Å². The van der Waals surface area contributed by atoms with Crippen LogP contribution in [0.15, 0.2) is 52.1 Å². The minimum absolute atomic E-state index is 0.000836. The molecule has 22 heteroatoms. The van der Waals surface area contributed by atoms with Gasteiger partial charge in [0.05, 0.1) is 90.1 Å². The predicted octanol–water partition coefficient (Wildman–Crippen LogP) is 6.08. The number of benzene rings is 1. The van der Waals surface area contributed by atoms with E-state index in [1.54, 1.807) is 23.8 Å². The summed E-state index contributed by atoms with van der Waals surface area (Å²) < 4.78 is 30.4. The summed E-state index contributed by atoms with van der Waals surface area (Å²) >= 11 is 4.80. The van der Waals surface area contributed by atoms with Gasteiger partial charge in [-0.25, -0.2) is 15.0 Å². The highest BCUT2D eigenvalue weighted by Gasteiger charge is 2.26. The van der Waals surface area contributed by atoms with E-state index in [0.29, 0.717) is 125 Å². The Morgan fingerprint density at radius 2 is 1.44 bits per heavy atom. The molecule has 4 N–H and O–H groups in total. The molecule has 0 spiro atoms. The average Bonchev–Trinajstić information content (AvgIpc) is 4.01. The number of thiazole rings is 1. The van der Waals surface area contributed by atoms with Gasteiger partial charge in [-0.15, -0.1) is 11.3 Å². The van der Waals surface area contributed by atoms with Crippen molar-refractivity contribution >= 4 is 84.2 Å². The Morgan fingerprint density at radius 3 is 2.04 bits per heavy atom. The number of aryl methyl sites for hydroxylation is 3. The number of pyridine rings is 2. The summed E-state index contributed by atoms with van der Waals surface area (Å²) in [6.45, 7) is 15.9. The standard InChI is InChI=1S/C50H66BrN11O9S/c1-33-29-37(9-11-40(33)47(65)59-50-57-45(51)36(4)72-50)52-13-19-67-21-23-69-25-27-71-28-26-70-24-22-68-20-14-53-43(64)32-60-15-17-61(18-16-60)39-10-12-42(54-30-39)56-49-55-31-41-34(2)44(35(3)63)48(66)62(46(41)58-49)38-7-5-6-8-38/h9-12,29-31,38,52H,5-8,13-28,32H2,1-4H3,(H,53,64)(H,57,59,65)(H,54,55,56,58). The van der Waals surface area contributed by atoms with Gasteiger partial charge in [-0.1, -0.05) is 12.8 Å². The molecule has 4 aromatic heterocycles. The van der Waals surface area contributed by atoms with Crippen molar-refractivity contribution < 1.29 is 38.1 Å². The molecule has 1 saturated carbocycles. The van der Waals surface area contributed by atoms with Crippen LogP contribution in [0.4, 0.5) is 28.3 Å². The molecule has 1 aliphatic carbocycles. The average molecular weight is 1080 g/mol. The summed E-state index contributed by atoms with van der Waals surface area (Å²) in [5, 5.41) is 13.6. The number of fused-ring (bicyclic) bond motifs is 1. The molecule has 7 rings (SSSR count). The zero-order valence-electron chi connectivity index (χ0n) is 41.6. The van der Waals surface area contributed by atoms with Crippen LogP contribution >= 0.6 is 27.3 Å². The number of carbonyl (C=O) groups is 3. The van der Waals surface area contributed by atoms with Crippen molar-refractivity contribution in [3.8, 4) is 0 Å². The number of carbonyl (C=O) groups excluding carboxylic acids is 3. The van der Waals surface area contributed by atoms with Crippen LogP contribution in [-0.2, 0) is 28.5 Å². The third kappa shape index (κ3) is 15.5. The van der Waals surface area contributed by atoms with Crippen molar-refractivity contribution in [3.63, 3.8) is 0 Å². The molecule has 72 heavy (non-hydrogen) atoms. The second-order valence-corrected chi connectivity index (χ2v) is 19.5. The molecule has 1 aliphatic heterocycles. The first-order valence-corrected chi connectivity index (χ1v) is 26.1. The number of aromatic nitrogens is 5. The maximum absolute atomic E-state index is 13.6. The van der Waals surface area contributed by atoms with E-state index >= 15 is 0 Å². The number of hydrogen-bond donors (Lipinski definition) is 4. The Bertz CT molecular complexity index is 2640. The summed E-state index contributed by atoms with van der Waals surface area (Å²) in [5.41, 5.74) is 4.40. The van der Waals surface area contributed by atoms with Gasteiger partial charge < -0.3 is 44.5 Å². The lowest BCUT2D eigenvalue weighted by Gasteiger charge is -2.35. The van der Waals surface area contributed by atoms with Gasteiger partial charge in [0.1, 0.15) is 16.1 Å². The summed E-state index contributed by atoms with van der Waals surface area (Å²) in [6, 6.07) is 9.49. The summed E-state index contributed by atoms with van der Waals surface area (Å²) in [5.74, 6) is 0.414. The van der Waals surface area contributed by atoms with Crippen molar-refractivity contribution in [2.24, 2.45) is 0 Å². The van der Waals surface area contributed by atoms with Crippen molar-refractivity contribution in [1.29, 1.82) is 0 Å². The molecular weight excluding hydrogens is 1010 g/mol. The molecule has 0 atom stereocenters. The van der Waals surface area contributed by atoms with Gasteiger partial charge in [-0.3, -0.25) is 34.0 Å². The number of nitrogens with one attached hydrogen (secondary N) is 4. The number of ketones is 1. The molecule has 0 radical (unpaired) electrons. The van der Waals surface area contributed by atoms with E-state index in [-0.39, 0.29) is 34.8 Å². The number of hydrogen-bond acceptors (Lipinski definition) is 18. The van der Waals surface area contributed by atoms with Crippen LogP contribution in [-0.4, -0.2) is 159 Å². The smallest absolute Gasteiger partial charge is 0.263 e. The van der Waals surface area contributed by atoms with Gasteiger partial charge in [0.25, 0.3) is 11.5 Å². The highest BCUT2D eigenvalue weighted by atomic mass is 79.9. The molecule has 0 bridgehead atoms. The van der Waals surface area contributed by atoms with Crippen molar-refractivity contribution in [3.05, 3.63) is 84.8 Å². The molecule has 5 aromatic rings. The molecule has 388 valence electrons. The topological polar surface area (TPSA) is 226 Å². The zero-order chi connectivity index (χ0) is 50.8. The normalized spacial score (nSPS) is 14.3. The fourth-order valence-electron chi connectivity index (χ4n) is 8.63. The van der Waals surface area contributed by atoms with Crippen LogP contribution in [0, 0.1) is 20.8 Å². The van der Waals surface area contributed by atoms with E-state index in [2.05, 4.69) is 61.9 Å². The van der Waals surface area contributed by atoms with Crippen molar-refractivity contribution in [2.75, 3.05) is 133 Å². The number of rotatable bonds is 28. The number of halogens is 1. The number of Topliss-reactive ketones (excluding diaryl/α,β-unsaturated/α-hetero) is 1. The number of amides is 2. The first-order valence-electron chi connectivity index (χ1n) is 24.5. The SMILES string of the molecule is CC(=O)c1c(C)c2cnc(Nc3ccc(N4CCN(CC(=O)NCCOCCOCCOCCOCCOCCNc5ccc(C(=O)Nc6nc(Br)c(C)s6)c(C)c5)CC4)cn3)nc2n(C2CCCC2)c1=O. The van der Waals surface area contributed by atoms with E-state index in [1.807, 2.05) is 44.3 Å². The Kier molecular flexibility index (Phi) is 20.8. The first-order chi connectivity index (χ1) is 34.9. The maximum Gasteiger partial charge on any atom is 0.263 e. The van der Waals surface area contributed by atoms with E-state index < -0.39 is 0 Å². The Morgan fingerprint density at radius 1 is 0.792 bits per heavy atom. The lowest BCUT2D eigenvalue weighted by molar-refractivity contribution is -0.122. The molecule has 5 heterocycles. The number of anilines is 5. The van der Waals surface area contributed by atoms with Gasteiger partial charge in [0, 0.05) is 73.0 Å². The lowest BCUT2D eigenvalue weighted by atomic mass is 10.0. The third-order valence-electron chi connectivity index (χ3n) is 12.4. The van der Waals surface area contributed by atoms with Gasteiger partial charge in [0.15, 0.2) is 10.9 Å². The van der Waals surface area contributed by atoms with Gasteiger partial charge >= 0.3 is 0 Å². The molecule has 20 nitrogen and oxygen atoms in total. The first kappa shape index (κ1) is 54.3. The van der Waals surface area contributed by atoms with Crippen LogP contribution in [0.25, 0.3) is 11.0 Å². The second-order valence-electron chi connectivity index (χ2n) is 17.6. The molecular formula is C50H66BrN11O9S. The third-order valence-corrected chi connectivity index (χ3v) is 14.3. The van der Waals surface area contributed by atoms with Gasteiger partial charge in [-0.05, 0) is 97.9 Å². The van der Waals surface area contributed by atoms with Crippen LogP contribution < -0.4 is 31.7 Å². The Labute approximate surface area is 432 Å². The number of ether oxygens (including phenoxy) is 5. The van der Waals surface area contributed by atoms with Crippen LogP contribution in [0.1, 0.15) is 75.4 Å². The quantitative estimate of drug-likeness (QED) is 0.0329. The fourth-order valence-corrected chi connectivity index (χ4v) is 9.87. The monoisotopic (exact) mass is 1080 g/mol. The van der Waals surface area contributed by atoms with Crippen LogP contribution in [0.3, 0.4) is 0 Å². The molecule has 2 fully saturated rings. The van der Waals surface area contributed by atoms with E-state index in [0.717, 1.165) is 78.3 Å². The van der Waals surface area contributed by atoms with E-state index in [9.17, 15) is 19.2 Å². The highest BCUT2D eigenvalue weighted by molar-refractivity contribution is 9.10. The number of piperazine rings is 1. The highest BCUT2D eigenvalue weighted by Crippen LogP contribution is 2.32. The molecule has 2 aliphatic rings. The van der Waals surface area contributed by atoms with Crippen molar-refractivity contribution in [1.82, 2.24) is 34.7 Å². The minimum Gasteiger partial charge on any atom is -0.383 e. The zero-order valence-corrected chi connectivity index (χ0v) is 44.0. The van der Waals surface area contributed by atoms with Crippen molar-refractivity contribution in [2.45, 2.75) is 59.4 Å². The second kappa shape index (κ2) is 27.6. The lowest BCUT2D eigenvalue weighted by Crippen LogP contribution is -2.49. The Hall–Kier alpha value is -5.46. The Balaban J connectivity index is 0.660. The van der Waals surface area contributed by atoms with Gasteiger partial charge in [-0.2, -0.15) is 4.98 Å². The molecule has 2 amide bonds. The maximum atomic E-state index is 13.6. The largest absolute Gasteiger partial charge is 0.383 e. The summed E-state index contributed by atoms with van der Waals surface area (Å²) in [7, 11) is 0. The molecule has 1 aromatic carbocycles. The fraction of sp³-hybridized carbons (Fsp3) is 0.520. The number of nitrogens with zero attached hydrogens (tertiary/aromatic N) is 7. The van der Waals surface area contributed by atoms with E-state index in [1.165, 1.54) is 18.3 Å². The minimum atomic E-state index is -0.284. The molecule has 0 unspecified atom stereocenters. The van der Waals surface area contributed by atoms with Crippen LogP contribution in [0.5, 0.6) is 0 Å². The molecule has 1 saturated heterocycles. The summed E-state index contributed by atoms with van der Waals surface area (Å²) in [6.07, 6.45) is 7.30. The summed E-state index contributed by atoms with van der Waals surface area (Å²) in [4.78, 5) is 74.9. The predicted molar refractivity (Wildman–Crippen MR) is 281 cm³/mol. The van der Waals surface area contributed by atoms with Gasteiger partial charge in [0.2, 0.25) is 11.9 Å².